The summed E-state index contributed by atoms with van der Waals surface area (Å²) in [6.07, 6.45) is -1.83. The van der Waals surface area contributed by atoms with Crippen LogP contribution in [0.4, 0.5) is 4.79 Å². The van der Waals surface area contributed by atoms with E-state index in [1.54, 1.807) is 0 Å². The van der Waals surface area contributed by atoms with Gasteiger partial charge in [-0.3, -0.25) is 4.79 Å². The third-order valence-electron chi connectivity index (χ3n) is 1.97. The van der Waals surface area contributed by atoms with Gasteiger partial charge in [-0.15, -0.1) is 0 Å². The summed E-state index contributed by atoms with van der Waals surface area (Å²) < 4.78 is 4.53. The van der Waals surface area contributed by atoms with E-state index in [0.717, 1.165) is 5.56 Å². The predicted octanol–water partition coefficient (Wildman–Crippen LogP) is 0.787. The van der Waals surface area contributed by atoms with E-state index in [2.05, 4.69) is 10.1 Å². The molecule has 0 aliphatic heterocycles. The quantitative estimate of drug-likeness (QED) is 0.790. The number of hydrogen-bond donors (Lipinski definition) is 2. The Morgan fingerprint density at radius 2 is 2.00 bits per heavy atom. The Morgan fingerprint density at radius 3 is 2.56 bits per heavy atom. The molecule has 0 aliphatic rings. The van der Waals surface area contributed by atoms with E-state index in [4.69, 9.17) is 5.73 Å². The Kier molecular flexibility index (Phi) is 4.32. The van der Waals surface area contributed by atoms with Gasteiger partial charge in [0.25, 0.3) is 5.91 Å². The Balaban J connectivity index is 2.38. The highest BCUT2D eigenvalue weighted by atomic mass is 16.6. The zero-order chi connectivity index (χ0) is 12.0. The lowest BCUT2D eigenvalue weighted by Crippen LogP contribution is -2.36. The first-order valence-corrected chi connectivity index (χ1v) is 4.87. The number of rotatable bonds is 4. The zero-order valence-corrected chi connectivity index (χ0v) is 8.97. The van der Waals surface area contributed by atoms with Crippen molar-refractivity contribution in [2.45, 2.75) is 19.6 Å². The molecule has 3 N–H and O–H groups in total. The Morgan fingerprint density at radius 1 is 1.38 bits per heavy atom. The molecule has 0 saturated carbocycles. The van der Waals surface area contributed by atoms with Crippen molar-refractivity contribution in [3.63, 3.8) is 0 Å². The minimum absolute atomic E-state index is 0.373. The van der Waals surface area contributed by atoms with Crippen LogP contribution in [0.5, 0.6) is 0 Å². The van der Waals surface area contributed by atoms with Gasteiger partial charge in [0.05, 0.1) is 0 Å². The molecule has 0 heterocycles. The van der Waals surface area contributed by atoms with Crippen LogP contribution in [0.15, 0.2) is 30.3 Å². The summed E-state index contributed by atoms with van der Waals surface area (Å²) in [6, 6.07) is 9.43. The second kappa shape index (κ2) is 5.75. The highest BCUT2D eigenvalue weighted by molar-refractivity contribution is 5.82. The maximum atomic E-state index is 11.4. The molecule has 1 aromatic rings. The van der Waals surface area contributed by atoms with Gasteiger partial charge in [-0.25, -0.2) is 4.79 Å². The molecular weight excluding hydrogens is 208 g/mol. The van der Waals surface area contributed by atoms with E-state index >= 15 is 0 Å². The second-order valence-electron chi connectivity index (χ2n) is 3.28. The van der Waals surface area contributed by atoms with Crippen LogP contribution in [-0.2, 0) is 16.1 Å². The van der Waals surface area contributed by atoms with Crippen molar-refractivity contribution in [2.75, 3.05) is 0 Å². The number of hydrogen-bond acceptors (Lipinski definition) is 3. The molecule has 0 aromatic heterocycles. The van der Waals surface area contributed by atoms with Crippen molar-refractivity contribution in [1.82, 2.24) is 5.32 Å². The Labute approximate surface area is 93.6 Å². The summed E-state index contributed by atoms with van der Waals surface area (Å²) in [4.78, 5) is 21.8. The number of amides is 2. The lowest BCUT2D eigenvalue weighted by atomic mass is 10.2. The largest absolute Gasteiger partial charge is 0.437 e. The summed E-state index contributed by atoms with van der Waals surface area (Å²) in [7, 11) is 0. The van der Waals surface area contributed by atoms with Crippen LogP contribution in [0.25, 0.3) is 0 Å². The summed E-state index contributed by atoms with van der Waals surface area (Å²) in [5, 5.41) is 2.63. The van der Waals surface area contributed by atoms with Gasteiger partial charge < -0.3 is 15.8 Å². The maximum absolute atomic E-state index is 11.4. The van der Waals surface area contributed by atoms with Crippen molar-refractivity contribution in [1.29, 1.82) is 0 Å². The highest BCUT2D eigenvalue weighted by Crippen LogP contribution is 1.98. The van der Waals surface area contributed by atoms with Crippen LogP contribution in [0.2, 0.25) is 0 Å². The molecule has 0 fully saturated rings. The average Bonchev–Trinajstić information content (AvgIpc) is 2.26. The molecule has 2 amide bonds. The van der Waals surface area contributed by atoms with E-state index in [9.17, 15) is 9.59 Å². The fourth-order valence-corrected chi connectivity index (χ4v) is 1.16. The minimum atomic E-state index is -0.956. The molecule has 5 heteroatoms. The molecule has 16 heavy (non-hydrogen) atoms. The van der Waals surface area contributed by atoms with E-state index in [1.165, 1.54) is 6.92 Å². The van der Waals surface area contributed by atoms with Crippen molar-refractivity contribution < 1.29 is 14.3 Å². The van der Waals surface area contributed by atoms with Gasteiger partial charge >= 0.3 is 6.09 Å². The summed E-state index contributed by atoms with van der Waals surface area (Å²) >= 11 is 0. The molecule has 0 aliphatic carbocycles. The molecule has 1 unspecified atom stereocenters. The van der Waals surface area contributed by atoms with E-state index < -0.39 is 12.2 Å². The van der Waals surface area contributed by atoms with Gasteiger partial charge in [-0.1, -0.05) is 30.3 Å². The van der Waals surface area contributed by atoms with E-state index in [-0.39, 0.29) is 5.91 Å². The number of nitrogens with one attached hydrogen (secondary N) is 1. The van der Waals surface area contributed by atoms with Crippen molar-refractivity contribution in [2.24, 2.45) is 5.73 Å². The van der Waals surface area contributed by atoms with E-state index in [0.29, 0.717) is 6.54 Å². The van der Waals surface area contributed by atoms with Crippen molar-refractivity contribution >= 4 is 12.0 Å². The first kappa shape index (κ1) is 12.0. The maximum Gasteiger partial charge on any atom is 0.405 e. The molecule has 1 rings (SSSR count). The van der Waals surface area contributed by atoms with Crippen LogP contribution >= 0.6 is 0 Å². The molecular formula is C11H14N2O3. The molecule has 0 spiro atoms. The standard InChI is InChI=1S/C11H14N2O3/c1-8(16-11(12)15)10(14)13-7-9-5-3-2-4-6-9/h2-6,8H,7H2,1H3,(H2,12,15)(H,13,14). The molecule has 1 aromatic carbocycles. The van der Waals surface area contributed by atoms with Crippen LogP contribution in [0, 0.1) is 0 Å². The monoisotopic (exact) mass is 222 g/mol. The summed E-state index contributed by atoms with van der Waals surface area (Å²) in [6.45, 7) is 1.86. The molecule has 5 nitrogen and oxygen atoms in total. The van der Waals surface area contributed by atoms with Gasteiger partial charge in [0, 0.05) is 6.54 Å². The number of primary amides is 1. The number of ether oxygens (including phenoxy) is 1. The molecule has 0 radical (unpaired) electrons. The fourth-order valence-electron chi connectivity index (χ4n) is 1.16. The summed E-state index contributed by atoms with van der Waals surface area (Å²) in [5.74, 6) is -0.373. The third kappa shape index (κ3) is 4.00. The van der Waals surface area contributed by atoms with Crippen molar-refractivity contribution in [3.8, 4) is 0 Å². The Hall–Kier alpha value is -2.04. The second-order valence-corrected chi connectivity index (χ2v) is 3.28. The van der Waals surface area contributed by atoms with Gasteiger partial charge in [0.15, 0.2) is 6.10 Å². The smallest absolute Gasteiger partial charge is 0.405 e. The van der Waals surface area contributed by atoms with Crippen LogP contribution in [0.3, 0.4) is 0 Å². The first-order chi connectivity index (χ1) is 7.59. The lowest BCUT2D eigenvalue weighted by Gasteiger charge is -2.11. The molecule has 0 saturated heterocycles. The topological polar surface area (TPSA) is 81.4 Å². The predicted molar refractivity (Wildman–Crippen MR) is 58.4 cm³/mol. The van der Waals surface area contributed by atoms with Gasteiger partial charge in [-0.05, 0) is 12.5 Å². The first-order valence-electron chi connectivity index (χ1n) is 4.87. The Bertz CT molecular complexity index is 365. The molecule has 1 atom stereocenters. The SMILES string of the molecule is CC(OC(N)=O)C(=O)NCc1ccccc1. The van der Waals surface area contributed by atoms with Gasteiger partial charge in [0.1, 0.15) is 0 Å². The van der Waals surface area contributed by atoms with Crippen LogP contribution in [-0.4, -0.2) is 18.1 Å². The molecule has 86 valence electrons. The van der Waals surface area contributed by atoms with Gasteiger partial charge in [-0.2, -0.15) is 0 Å². The number of carbonyl (C=O) groups excluding carboxylic acids is 2. The minimum Gasteiger partial charge on any atom is -0.437 e. The van der Waals surface area contributed by atoms with E-state index in [1.807, 2.05) is 30.3 Å². The number of nitrogens with two attached hydrogens (primary N) is 1. The fraction of sp³-hybridized carbons (Fsp3) is 0.273. The lowest BCUT2D eigenvalue weighted by molar-refractivity contribution is -0.128. The number of benzene rings is 1. The average molecular weight is 222 g/mol. The normalized spacial score (nSPS) is 11.6. The van der Waals surface area contributed by atoms with Crippen molar-refractivity contribution in [3.05, 3.63) is 35.9 Å². The molecule has 0 bridgehead atoms. The van der Waals surface area contributed by atoms with Gasteiger partial charge in [0.2, 0.25) is 0 Å². The highest BCUT2D eigenvalue weighted by Gasteiger charge is 2.15. The summed E-state index contributed by atoms with van der Waals surface area (Å²) in [5.41, 5.74) is 5.77. The number of carbonyl (C=O) groups is 2. The third-order valence-corrected chi connectivity index (χ3v) is 1.97. The van der Waals surface area contributed by atoms with Crippen LogP contribution < -0.4 is 11.1 Å². The van der Waals surface area contributed by atoms with Crippen LogP contribution in [0.1, 0.15) is 12.5 Å². The zero-order valence-electron chi connectivity index (χ0n) is 8.97.